The van der Waals surface area contributed by atoms with E-state index in [9.17, 15) is 9.90 Å². The zero-order valence-electron chi connectivity index (χ0n) is 11.0. The summed E-state index contributed by atoms with van der Waals surface area (Å²) in [5.41, 5.74) is 0. The van der Waals surface area contributed by atoms with Crippen LogP contribution in [0, 0.1) is 5.92 Å². The molecule has 0 aliphatic carbocycles. The van der Waals surface area contributed by atoms with Crippen LogP contribution in [0.2, 0.25) is 0 Å². The lowest BCUT2D eigenvalue weighted by molar-refractivity contribution is -0.133. The molecule has 0 radical (unpaired) electrons. The molecule has 0 spiro atoms. The van der Waals surface area contributed by atoms with Gasteiger partial charge in [0, 0.05) is 18.0 Å². The molecule has 0 bridgehead atoms. The van der Waals surface area contributed by atoms with Crippen LogP contribution in [0.5, 0.6) is 0 Å². The number of rotatable bonds is 8. The summed E-state index contributed by atoms with van der Waals surface area (Å²) in [7, 11) is 0. The summed E-state index contributed by atoms with van der Waals surface area (Å²) in [6, 6.07) is 0.627. The Balaban J connectivity index is 3.69. The molecular weight excluding hydrogens is 206 g/mol. The van der Waals surface area contributed by atoms with E-state index in [1.807, 2.05) is 6.92 Å². The van der Waals surface area contributed by atoms with E-state index in [-0.39, 0.29) is 24.3 Å². The van der Waals surface area contributed by atoms with Crippen LogP contribution < -0.4 is 5.32 Å². The van der Waals surface area contributed by atoms with E-state index >= 15 is 0 Å². The first-order chi connectivity index (χ1) is 7.34. The average molecular weight is 231 g/mol. The van der Waals surface area contributed by atoms with Crippen LogP contribution in [0.1, 0.15) is 34.6 Å². The summed E-state index contributed by atoms with van der Waals surface area (Å²) in [5, 5.41) is 12.8. The van der Waals surface area contributed by atoms with Crippen molar-refractivity contribution in [3.8, 4) is 0 Å². The molecule has 0 saturated carbocycles. The van der Waals surface area contributed by atoms with Gasteiger partial charge in [0.25, 0.3) is 0 Å². The molecule has 0 unspecified atom stereocenters. The maximum absolute atomic E-state index is 11.4. The summed E-state index contributed by atoms with van der Waals surface area (Å²) in [4.78, 5) is 11.4. The van der Waals surface area contributed by atoms with Gasteiger partial charge in [-0.1, -0.05) is 27.7 Å². The van der Waals surface area contributed by atoms with Crippen molar-refractivity contribution in [1.82, 2.24) is 5.32 Å². The van der Waals surface area contributed by atoms with Crippen LogP contribution >= 0.6 is 0 Å². The van der Waals surface area contributed by atoms with Crippen molar-refractivity contribution >= 4 is 5.78 Å². The van der Waals surface area contributed by atoms with Gasteiger partial charge in [-0.25, -0.2) is 0 Å². The Morgan fingerprint density at radius 3 is 2.19 bits per heavy atom. The molecule has 0 rings (SSSR count). The molecule has 0 aromatic heterocycles. The van der Waals surface area contributed by atoms with E-state index in [2.05, 4.69) is 19.2 Å². The van der Waals surface area contributed by atoms with Crippen molar-refractivity contribution in [3.05, 3.63) is 0 Å². The summed E-state index contributed by atoms with van der Waals surface area (Å²) in [5.74, 6) is -0.311. The Morgan fingerprint density at radius 2 is 1.75 bits per heavy atom. The first kappa shape index (κ1) is 15.6. The van der Waals surface area contributed by atoms with Gasteiger partial charge in [-0.15, -0.1) is 0 Å². The van der Waals surface area contributed by atoms with Crippen LogP contribution in [-0.2, 0) is 9.53 Å². The molecule has 2 N–H and O–H groups in total. The SMILES string of the molecule is CC(C)N[C@@H](C)COC[C@@H](O)C(=O)C(C)C. The van der Waals surface area contributed by atoms with E-state index in [0.717, 1.165) is 0 Å². The van der Waals surface area contributed by atoms with Gasteiger partial charge >= 0.3 is 0 Å². The second-order valence-electron chi connectivity index (χ2n) is 4.83. The maximum atomic E-state index is 11.4. The number of hydrogen-bond acceptors (Lipinski definition) is 4. The highest BCUT2D eigenvalue weighted by molar-refractivity contribution is 5.84. The zero-order valence-corrected chi connectivity index (χ0v) is 11.0. The summed E-state index contributed by atoms with van der Waals surface area (Å²) in [6.45, 7) is 10.3. The number of ether oxygens (including phenoxy) is 1. The van der Waals surface area contributed by atoms with E-state index in [0.29, 0.717) is 12.6 Å². The Hall–Kier alpha value is -0.450. The average Bonchev–Trinajstić information content (AvgIpc) is 2.14. The Kier molecular flexibility index (Phi) is 7.55. The lowest BCUT2D eigenvalue weighted by Gasteiger charge is -2.18. The second kappa shape index (κ2) is 7.76. The highest BCUT2D eigenvalue weighted by Gasteiger charge is 2.18. The maximum Gasteiger partial charge on any atom is 0.166 e. The van der Waals surface area contributed by atoms with Crippen LogP contribution in [0.25, 0.3) is 0 Å². The van der Waals surface area contributed by atoms with Gasteiger partial charge in [-0.05, 0) is 6.92 Å². The van der Waals surface area contributed by atoms with Crippen LogP contribution in [0.4, 0.5) is 0 Å². The minimum atomic E-state index is -0.994. The number of aliphatic hydroxyl groups excluding tert-OH is 1. The van der Waals surface area contributed by atoms with E-state index in [4.69, 9.17) is 4.74 Å². The zero-order chi connectivity index (χ0) is 12.7. The van der Waals surface area contributed by atoms with Crippen molar-refractivity contribution in [2.45, 2.75) is 52.8 Å². The van der Waals surface area contributed by atoms with Gasteiger partial charge in [0.05, 0.1) is 13.2 Å². The van der Waals surface area contributed by atoms with Crippen molar-refractivity contribution in [2.75, 3.05) is 13.2 Å². The third-order valence-electron chi connectivity index (χ3n) is 2.16. The third kappa shape index (κ3) is 6.93. The van der Waals surface area contributed by atoms with Gasteiger partial charge < -0.3 is 15.2 Å². The quantitative estimate of drug-likeness (QED) is 0.653. The molecule has 0 amide bonds. The molecule has 0 heterocycles. The minimum absolute atomic E-state index is 0.0845. The number of nitrogens with one attached hydrogen (secondary N) is 1. The fourth-order valence-electron chi connectivity index (χ4n) is 1.44. The first-order valence-electron chi connectivity index (χ1n) is 5.90. The molecule has 0 aliphatic heterocycles. The van der Waals surface area contributed by atoms with E-state index in [1.54, 1.807) is 13.8 Å². The number of ketones is 1. The summed E-state index contributed by atoms with van der Waals surface area (Å²) >= 11 is 0. The highest BCUT2D eigenvalue weighted by Crippen LogP contribution is 2.00. The summed E-state index contributed by atoms with van der Waals surface area (Å²) in [6.07, 6.45) is -0.994. The summed E-state index contributed by atoms with van der Waals surface area (Å²) < 4.78 is 5.30. The highest BCUT2D eigenvalue weighted by atomic mass is 16.5. The van der Waals surface area contributed by atoms with Crippen LogP contribution in [0.3, 0.4) is 0 Å². The molecule has 16 heavy (non-hydrogen) atoms. The van der Waals surface area contributed by atoms with Crippen molar-refractivity contribution < 1.29 is 14.6 Å². The fraction of sp³-hybridized carbons (Fsp3) is 0.917. The van der Waals surface area contributed by atoms with Crippen LogP contribution in [0.15, 0.2) is 0 Å². The van der Waals surface area contributed by atoms with Gasteiger partial charge in [-0.2, -0.15) is 0 Å². The molecule has 0 aromatic carbocycles. The largest absolute Gasteiger partial charge is 0.383 e. The van der Waals surface area contributed by atoms with Crippen molar-refractivity contribution in [2.24, 2.45) is 5.92 Å². The number of carbonyl (C=O) groups is 1. The monoisotopic (exact) mass is 231 g/mol. The fourth-order valence-corrected chi connectivity index (χ4v) is 1.44. The molecule has 96 valence electrons. The Morgan fingerprint density at radius 1 is 1.19 bits per heavy atom. The number of hydrogen-bond donors (Lipinski definition) is 2. The Bertz CT molecular complexity index is 204. The molecule has 4 heteroatoms. The standard InChI is InChI=1S/C12H25NO3/c1-8(2)12(15)11(14)7-16-6-10(5)13-9(3)4/h8-11,13-14H,6-7H2,1-5H3/t10-,11+/m0/s1. The van der Waals surface area contributed by atoms with E-state index < -0.39 is 6.10 Å². The number of carbonyl (C=O) groups excluding carboxylic acids is 1. The lowest BCUT2D eigenvalue weighted by atomic mass is 10.1. The Labute approximate surface area is 98.4 Å². The predicted octanol–water partition coefficient (Wildman–Crippen LogP) is 0.975. The van der Waals surface area contributed by atoms with Crippen molar-refractivity contribution in [1.29, 1.82) is 0 Å². The smallest absolute Gasteiger partial charge is 0.166 e. The molecule has 0 saturated heterocycles. The number of Topliss-reactive ketones (excluding diaryl/α,β-unsaturated/α-hetero) is 1. The molecule has 2 atom stereocenters. The lowest BCUT2D eigenvalue weighted by Crippen LogP contribution is -2.37. The molecule has 0 aliphatic rings. The van der Waals surface area contributed by atoms with Crippen molar-refractivity contribution in [3.63, 3.8) is 0 Å². The third-order valence-corrected chi connectivity index (χ3v) is 2.16. The molecule has 0 aromatic rings. The topological polar surface area (TPSA) is 58.6 Å². The van der Waals surface area contributed by atoms with Crippen LogP contribution in [-0.4, -0.2) is 42.3 Å². The minimum Gasteiger partial charge on any atom is -0.383 e. The molecular formula is C12H25NO3. The first-order valence-corrected chi connectivity index (χ1v) is 5.90. The number of aliphatic hydroxyl groups is 1. The van der Waals surface area contributed by atoms with Gasteiger partial charge in [0.1, 0.15) is 6.10 Å². The molecule has 4 nitrogen and oxygen atoms in total. The second-order valence-corrected chi connectivity index (χ2v) is 4.83. The molecule has 0 fully saturated rings. The van der Waals surface area contributed by atoms with E-state index in [1.165, 1.54) is 0 Å². The normalized spacial score (nSPS) is 15.5. The van der Waals surface area contributed by atoms with Gasteiger partial charge in [0.15, 0.2) is 5.78 Å². The van der Waals surface area contributed by atoms with Gasteiger partial charge in [-0.3, -0.25) is 4.79 Å². The predicted molar refractivity (Wildman–Crippen MR) is 64.4 cm³/mol. The van der Waals surface area contributed by atoms with Gasteiger partial charge in [0.2, 0.25) is 0 Å².